The molecule has 0 heterocycles. The number of nitro benzene ring substituents is 1. The highest BCUT2D eigenvalue weighted by molar-refractivity contribution is 9.10. The van der Waals surface area contributed by atoms with Crippen LogP contribution in [0.1, 0.15) is 22.3 Å². The van der Waals surface area contributed by atoms with Gasteiger partial charge in [-0.3, -0.25) is 24.5 Å². The van der Waals surface area contributed by atoms with Gasteiger partial charge in [-0.25, -0.2) is 0 Å². The van der Waals surface area contributed by atoms with Crippen LogP contribution >= 0.6 is 15.9 Å². The van der Waals surface area contributed by atoms with Gasteiger partial charge in [-0.15, -0.1) is 0 Å². The third-order valence-electron chi connectivity index (χ3n) is 3.62. The molecule has 0 aliphatic rings. The third kappa shape index (κ3) is 6.85. The van der Waals surface area contributed by atoms with Crippen LogP contribution in [-0.2, 0) is 9.59 Å². The molecule has 0 spiro atoms. The average molecular weight is 462 g/mol. The van der Waals surface area contributed by atoms with E-state index in [1.54, 1.807) is 24.3 Å². The molecule has 10 heteroatoms. The van der Waals surface area contributed by atoms with Crippen molar-refractivity contribution in [3.05, 3.63) is 79.9 Å². The second-order valence-corrected chi connectivity index (χ2v) is 6.69. The second kappa shape index (κ2) is 10.1. The standard InChI is InChI=1S/C19H16BrN3O6/c20-14-6-4-13(5-7-14)18(26)22-16(19(27)21-9-8-17(24)25)11-12-2-1-3-15(10-12)23(28)29/h1-7,10-11H,8-9H2,(H,21,27)(H,22,26)(H,24,25)/b16-11-. The van der Waals surface area contributed by atoms with Gasteiger partial charge >= 0.3 is 5.97 Å². The minimum Gasteiger partial charge on any atom is -0.481 e. The minimum atomic E-state index is -1.09. The van der Waals surface area contributed by atoms with Gasteiger partial charge < -0.3 is 15.7 Å². The maximum atomic E-state index is 12.5. The van der Waals surface area contributed by atoms with Crippen LogP contribution in [0.2, 0.25) is 0 Å². The van der Waals surface area contributed by atoms with Crippen molar-refractivity contribution in [2.45, 2.75) is 6.42 Å². The van der Waals surface area contributed by atoms with E-state index >= 15 is 0 Å². The number of benzene rings is 2. The summed E-state index contributed by atoms with van der Waals surface area (Å²) in [5.74, 6) is -2.38. The van der Waals surface area contributed by atoms with Gasteiger partial charge in [0, 0.05) is 28.7 Å². The largest absolute Gasteiger partial charge is 0.481 e. The van der Waals surface area contributed by atoms with E-state index in [0.717, 1.165) is 4.47 Å². The number of nitrogens with one attached hydrogen (secondary N) is 2. The van der Waals surface area contributed by atoms with E-state index in [1.807, 2.05) is 0 Å². The lowest BCUT2D eigenvalue weighted by Crippen LogP contribution is -2.35. The van der Waals surface area contributed by atoms with Crippen LogP contribution in [0.15, 0.2) is 58.7 Å². The van der Waals surface area contributed by atoms with Crippen LogP contribution in [0.3, 0.4) is 0 Å². The zero-order chi connectivity index (χ0) is 21.4. The van der Waals surface area contributed by atoms with Gasteiger partial charge in [0.2, 0.25) is 0 Å². The van der Waals surface area contributed by atoms with Crippen LogP contribution in [-0.4, -0.2) is 34.4 Å². The number of rotatable bonds is 8. The molecule has 0 bridgehead atoms. The minimum absolute atomic E-state index is 0.144. The molecule has 2 amide bonds. The third-order valence-corrected chi connectivity index (χ3v) is 4.14. The molecule has 0 radical (unpaired) electrons. The molecule has 0 aromatic heterocycles. The summed E-state index contributed by atoms with van der Waals surface area (Å²) in [4.78, 5) is 45.9. The highest BCUT2D eigenvalue weighted by Crippen LogP contribution is 2.16. The van der Waals surface area contributed by atoms with Gasteiger partial charge in [0.25, 0.3) is 17.5 Å². The first-order chi connectivity index (χ1) is 13.8. The van der Waals surface area contributed by atoms with Crippen molar-refractivity contribution in [3.8, 4) is 0 Å². The first-order valence-electron chi connectivity index (χ1n) is 8.29. The van der Waals surface area contributed by atoms with E-state index < -0.39 is 22.7 Å². The number of hydrogen-bond acceptors (Lipinski definition) is 5. The zero-order valence-electron chi connectivity index (χ0n) is 14.9. The highest BCUT2D eigenvalue weighted by atomic mass is 79.9. The smallest absolute Gasteiger partial charge is 0.305 e. The van der Waals surface area contributed by atoms with E-state index in [2.05, 4.69) is 26.6 Å². The van der Waals surface area contributed by atoms with Gasteiger partial charge in [-0.1, -0.05) is 28.1 Å². The Morgan fingerprint density at radius 1 is 1.14 bits per heavy atom. The lowest BCUT2D eigenvalue weighted by molar-refractivity contribution is -0.384. The first-order valence-corrected chi connectivity index (χ1v) is 9.08. The number of carbonyl (C=O) groups is 3. The zero-order valence-corrected chi connectivity index (χ0v) is 16.5. The Bertz CT molecular complexity index is 972. The Kier molecular flexibility index (Phi) is 7.61. The molecule has 0 unspecified atom stereocenters. The summed E-state index contributed by atoms with van der Waals surface area (Å²) >= 11 is 3.26. The molecule has 2 aromatic rings. The number of carboxylic acid groups (broad SMARTS) is 1. The van der Waals surface area contributed by atoms with Crippen molar-refractivity contribution in [1.29, 1.82) is 0 Å². The summed E-state index contributed by atoms with van der Waals surface area (Å²) in [5, 5.41) is 24.5. The van der Waals surface area contributed by atoms with Gasteiger partial charge in [0.1, 0.15) is 5.70 Å². The Labute approximate surface area is 173 Å². The Morgan fingerprint density at radius 2 is 1.83 bits per heavy atom. The normalized spacial score (nSPS) is 10.9. The lowest BCUT2D eigenvalue weighted by atomic mass is 10.1. The van der Waals surface area contributed by atoms with E-state index in [4.69, 9.17) is 5.11 Å². The van der Waals surface area contributed by atoms with Gasteiger partial charge in [0.05, 0.1) is 11.3 Å². The number of nitro groups is 1. The molecule has 0 fully saturated rings. The number of halogens is 1. The molecule has 29 heavy (non-hydrogen) atoms. The van der Waals surface area contributed by atoms with Gasteiger partial charge in [0.15, 0.2) is 0 Å². The summed E-state index contributed by atoms with van der Waals surface area (Å²) < 4.78 is 0.771. The summed E-state index contributed by atoms with van der Waals surface area (Å²) in [6.07, 6.45) is 0.982. The number of non-ortho nitro benzene ring substituents is 1. The maximum Gasteiger partial charge on any atom is 0.305 e. The fourth-order valence-electron chi connectivity index (χ4n) is 2.23. The number of hydrogen-bond donors (Lipinski definition) is 3. The van der Waals surface area contributed by atoms with Crippen molar-refractivity contribution >= 4 is 45.5 Å². The van der Waals surface area contributed by atoms with Crippen molar-refractivity contribution in [2.24, 2.45) is 0 Å². The van der Waals surface area contributed by atoms with E-state index in [9.17, 15) is 24.5 Å². The van der Waals surface area contributed by atoms with Crippen LogP contribution < -0.4 is 10.6 Å². The van der Waals surface area contributed by atoms with Gasteiger partial charge in [-0.2, -0.15) is 0 Å². The fraction of sp³-hybridized carbons (Fsp3) is 0.105. The number of aliphatic carboxylic acids is 1. The maximum absolute atomic E-state index is 12.5. The van der Waals surface area contributed by atoms with E-state index in [1.165, 1.54) is 30.3 Å². The highest BCUT2D eigenvalue weighted by Gasteiger charge is 2.15. The molecule has 3 N–H and O–H groups in total. The van der Waals surface area contributed by atoms with Gasteiger partial charge in [-0.05, 0) is 35.9 Å². The molecule has 0 aliphatic heterocycles. The summed E-state index contributed by atoms with van der Waals surface area (Å²) in [6, 6.07) is 11.9. The van der Waals surface area contributed by atoms with E-state index in [-0.39, 0.29) is 29.9 Å². The molecule has 0 saturated heterocycles. The molecular weight excluding hydrogens is 446 g/mol. The Hall–Kier alpha value is -3.53. The van der Waals surface area contributed by atoms with Crippen LogP contribution in [0.4, 0.5) is 5.69 Å². The number of nitrogens with zero attached hydrogens (tertiary/aromatic N) is 1. The molecule has 0 saturated carbocycles. The summed E-state index contributed by atoms with van der Waals surface area (Å²) in [6.45, 7) is -0.144. The Morgan fingerprint density at radius 3 is 2.45 bits per heavy atom. The van der Waals surface area contributed by atoms with E-state index in [0.29, 0.717) is 5.56 Å². The number of carbonyl (C=O) groups excluding carboxylic acids is 2. The molecule has 150 valence electrons. The van der Waals surface area contributed by atoms with Crippen molar-refractivity contribution in [3.63, 3.8) is 0 Å². The van der Waals surface area contributed by atoms with Crippen molar-refractivity contribution in [2.75, 3.05) is 6.54 Å². The van der Waals surface area contributed by atoms with Crippen LogP contribution in [0.5, 0.6) is 0 Å². The molecular formula is C19H16BrN3O6. The average Bonchev–Trinajstić information content (AvgIpc) is 2.67. The van der Waals surface area contributed by atoms with Crippen LogP contribution in [0.25, 0.3) is 6.08 Å². The second-order valence-electron chi connectivity index (χ2n) is 5.77. The molecule has 0 aliphatic carbocycles. The number of carboxylic acids is 1. The molecule has 0 atom stereocenters. The number of amides is 2. The monoisotopic (exact) mass is 461 g/mol. The molecule has 2 rings (SSSR count). The topological polar surface area (TPSA) is 139 Å². The van der Waals surface area contributed by atoms with Crippen molar-refractivity contribution < 1.29 is 24.4 Å². The summed E-state index contributed by atoms with van der Waals surface area (Å²) in [7, 11) is 0. The molecule has 2 aromatic carbocycles. The predicted octanol–water partition coefficient (Wildman–Crippen LogP) is 2.72. The SMILES string of the molecule is O=C(O)CCNC(=O)/C(=C/c1cccc([N+](=O)[O-])c1)NC(=O)c1ccc(Br)cc1. The fourth-order valence-corrected chi connectivity index (χ4v) is 2.49. The molecule has 9 nitrogen and oxygen atoms in total. The predicted molar refractivity (Wildman–Crippen MR) is 108 cm³/mol. The lowest BCUT2D eigenvalue weighted by Gasteiger charge is -2.11. The quantitative estimate of drug-likeness (QED) is 0.313. The Balaban J connectivity index is 2.29. The van der Waals surface area contributed by atoms with Crippen molar-refractivity contribution in [1.82, 2.24) is 10.6 Å². The van der Waals surface area contributed by atoms with Crippen LogP contribution in [0, 0.1) is 10.1 Å². The summed E-state index contributed by atoms with van der Waals surface area (Å²) in [5.41, 5.74) is 0.252. The first kappa shape index (κ1) is 21.8.